The fourth-order valence-electron chi connectivity index (χ4n) is 2.13. The van der Waals surface area contributed by atoms with Crippen LogP contribution in [-0.4, -0.2) is 9.97 Å². The molecule has 0 aliphatic carbocycles. The van der Waals surface area contributed by atoms with Gasteiger partial charge in [0.05, 0.1) is 11.4 Å². The minimum atomic E-state index is -0.406. The lowest BCUT2D eigenvalue weighted by molar-refractivity contribution is 1.09. The average Bonchev–Trinajstić information content (AvgIpc) is 2.51. The number of nitrogens with one attached hydrogen (secondary N) is 1. The number of aromatic amines is 1. The van der Waals surface area contributed by atoms with E-state index < -0.39 is 5.69 Å². The van der Waals surface area contributed by atoms with Gasteiger partial charge in [0.1, 0.15) is 5.69 Å². The number of aromatic nitrogens is 2. The van der Waals surface area contributed by atoms with E-state index in [1.54, 1.807) is 0 Å². The van der Waals surface area contributed by atoms with Crippen LogP contribution in [0.25, 0.3) is 22.5 Å². The van der Waals surface area contributed by atoms with Crippen molar-refractivity contribution in [3.05, 3.63) is 71.1 Å². The van der Waals surface area contributed by atoms with Gasteiger partial charge in [-0.15, -0.1) is 0 Å². The molecule has 0 radical (unpaired) electrons. The number of nitrogens with two attached hydrogens (primary N) is 1. The largest absolute Gasteiger partial charge is 0.395 e. The highest BCUT2D eigenvalue weighted by molar-refractivity contribution is 5.83. The summed E-state index contributed by atoms with van der Waals surface area (Å²) in [5, 5.41) is 0. The molecule has 0 fully saturated rings. The highest BCUT2D eigenvalue weighted by Crippen LogP contribution is 2.29. The summed E-state index contributed by atoms with van der Waals surface area (Å²) in [6.07, 6.45) is 0. The zero-order valence-corrected chi connectivity index (χ0v) is 10.7. The summed E-state index contributed by atoms with van der Waals surface area (Å²) >= 11 is 0. The number of benzene rings is 2. The fraction of sp³-hybridized carbons (Fsp3) is 0. The van der Waals surface area contributed by atoms with Crippen LogP contribution in [0.3, 0.4) is 0 Å². The van der Waals surface area contributed by atoms with Crippen molar-refractivity contribution in [1.29, 1.82) is 0 Å². The number of anilines is 1. The van der Waals surface area contributed by atoms with Gasteiger partial charge in [0.15, 0.2) is 0 Å². The second kappa shape index (κ2) is 5.01. The number of nitrogen functional groups attached to an aromatic ring is 1. The Bertz CT molecular complexity index is 716. The van der Waals surface area contributed by atoms with Gasteiger partial charge in [0, 0.05) is 11.1 Å². The van der Waals surface area contributed by atoms with Gasteiger partial charge < -0.3 is 10.7 Å². The zero-order valence-electron chi connectivity index (χ0n) is 10.7. The number of H-pyrrole nitrogens is 1. The maximum atomic E-state index is 11.8. The Kier molecular flexibility index (Phi) is 3.05. The molecule has 1 heterocycles. The normalized spacial score (nSPS) is 10.4. The van der Waals surface area contributed by atoms with E-state index in [-0.39, 0.29) is 0 Å². The van der Waals surface area contributed by atoms with E-state index in [1.165, 1.54) is 0 Å². The molecule has 0 saturated heterocycles. The van der Waals surface area contributed by atoms with Crippen molar-refractivity contribution in [3.8, 4) is 22.5 Å². The van der Waals surface area contributed by atoms with E-state index >= 15 is 0 Å². The van der Waals surface area contributed by atoms with Gasteiger partial charge in [-0.1, -0.05) is 60.7 Å². The minimum Gasteiger partial charge on any atom is -0.395 e. The van der Waals surface area contributed by atoms with Crippen molar-refractivity contribution in [2.45, 2.75) is 0 Å². The molecule has 2 aromatic carbocycles. The molecule has 1 aromatic heterocycles. The third-order valence-electron chi connectivity index (χ3n) is 3.08. The number of nitrogens with zero attached hydrogens (tertiary/aromatic N) is 1. The van der Waals surface area contributed by atoms with Gasteiger partial charge in [0.25, 0.3) is 0 Å². The molecule has 0 aliphatic heterocycles. The second-order valence-electron chi connectivity index (χ2n) is 4.41. The maximum absolute atomic E-state index is 11.8. The molecule has 0 atom stereocenters. The first-order chi connectivity index (χ1) is 9.75. The summed E-state index contributed by atoms with van der Waals surface area (Å²) < 4.78 is 0. The number of hydrogen-bond acceptors (Lipinski definition) is 3. The van der Waals surface area contributed by atoms with Gasteiger partial charge in [-0.2, -0.15) is 4.98 Å². The van der Waals surface area contributed by atoms with Crippen LogP contribution in [0, 0.1) is 0 Å². The predicted molar refractivity (Wildman–Crippen MR) is 80.1 cm³/mol. The van der Waals surface area contributed by atoms with Crippen molar-refractivity contribution in [1.82, 2.24) is 9.97 Å². The first-order valence-electron chi connectivity index (χ1n) is 6.26. The Morgan fingerprint density at radius 2 is 1.40 bits per heavy atom. The van der Waals surface area contributed by atoms with Gasteiger partial charge >= 0.3 is 5.69 Å². The third-order valence-corrected chi connectivity index (χ3v) is 3.08. The van der Waals surface area contributed by atoms with Crippen LogP contribution < -0.4 is 11.4 Å². The number of rotatable bonds is 2. The molecule has 0 spiro atoms. The first-order valence-corrected chi connectivity index (χ1v) is 6.26. The molecule has 4 nitrogen and oxygen atoms in total. The molecule has 20 heavy (non-hydrogen) atoms. The van der Waals surface area contributed by atoms with E-state index in [4.69, 9.17) is 5.73 Å². The lowest BCUT2D eigenvalue weighted by atomic mass is 10.1. The molecule has 0 aliphatic rings. The smallest absolute Gasteiger partial charge is 0.346 e. The summed E-state index contributed by atoms with van der Waals surface area (Å²) in [5.41, 5.74) is 9.05. The van der Waals surface area contributed by atoms with E-state index in [0.29, 0.717) is 17.1 Å². The Balaban J connectivity index is 2.24. The molecule has 4 heteroatoms. The quantitative estimate of drug-likeness (QED) is 0.746. The van der Waals surface area contributed by atoms with E-state index in [0.717, 1.165) is 11.1 Å². The lowest BCUT2D eigenvalue weighted by Gasteiger charge is -2.09. The Labute approximate surface area is 115 Å². The summed E-state index contributed by atoms with van der Waals surface area (Å²) in [4.78, 5) is 18.5. The van der Waals surface area contributed by atoms with E-state index in [1.807, 2.05) is 60.7 Å². The second-order valence-corrected chi connectivity index (χ2v) is 4.41. The van der Waals surface area contributed by atoms with Gasteiger partial charge in [0.2, 0.25) is 0 Å². The monoisotopic (exact) mass is 263 g/mol. The zero-order chi connectivity index (χ0) is 13.9. The van der Waals surface area contributed by atoms with Crippen molar-refractivity contribution >= 4 is 5.69 Å². The predicted octanol–water partition coefficient (Wildman–Crippen LogP) is 2.69. The van der Waals surface area contributed by atoms with Crippen LogP contribution in [0.5, 0.6) is 0 Å². The SMILES string of the molecule is Nc1c(-c2ccccc2)nc(=O)[nH]c1-c1ccccc1. The Hall–Kier alpha value is -2.88. The van der Waals surface area contributed by atoms with Crippen LogP contribution in [-0.2, 0) is 0 Å². The summed E-state index contributed by atoms with van der Waals surface area (Å²) in [6.45, 7) is 0. The topological polar surface area (TPSA) is 71.8 Å². The van der Waals surface area contributed by atoms with Gasteiger partial charge in [-0.3, -0.25) is 0 Å². The highest BCUT2D eigenvalue weighted by atomic mass is 16.1. The maximum Gasteiger partial charge on any atom is 0.346 e. The van der Waals surface area contributed by atoms with E-state index in [9.17, 15) is 4.79 Å². The molecular weight excluding hydrogens is 250 g/mol. The van der Waals surface area contributed by atoms with Crippen LogP contribution in [0.2, 0.25) is 0 Å². The molecule has 0 saturated carbocycles. The molecule has 3 aromatic rings. The summed E-state index contributed by atoms with van der Waals surface area (Å²) in [7, 11) is 0. The van der Waals surface area contributed by atoms with Crippen LogP contribution in [0.4, 0.5) is 5.69 Å². The molecule has 3 rings (SSSR count). The Morgan fingerprint density at radius 1 is 0.850 bits per heavy atom. The molecule has 0 unspecified atom stereocenters. The van der Waals surface area contributed by atoms with Crippen LogP contribution >= 0.6 is 0 Å². The van der Waals surface area contributed by atoms with Gasteiger partial charge in [-0.05, 0) is 0 Å². The summed E-state index contributed by atoms with van der Waals surface area (Å²) in [5.74, 6) is 0. The standard InChI is InChI=1S/C16H13N3O/c17-13-14(11-7-3-1-4-8-11)18-16(20)19-15(13)12-9-5-2-6-10-12/h1-10H,17H2,(H,18,19,20). The molecule has 98 valence electrons. The molecular formula is C16H13N3O. The third kappa shape index (κ3) is 2.19. The van der Waals surface area contributed by atoms with Crippen LogP contribution in [0.15, 0.2) is 65.5 Å². The average molecular weight is 263 g/mol. The van der Waals surface area contributed by atoms with Crippen molar-refractivity contribution in [2.24, 2.45) is 0 Å². The highest BCUT2D eigenvalue weighted by Gasteiger charge is 2.12. The lowest BCUT2D eigenvalue weighted by Crippen LogP contribution is -2.15. The first kappa shape index (κ1) is 12.2. The van der Waals surface area contributed by atoms with Crippen LogP contribution in [0.1, 0.15) is 0 Å². The molecule has 0 bridgehead atoms. The molecule has 0 amide bonds. The van der Waals surface area contributed by atoms with E-state index in [2.05, 4.69) is 9.97 Å². The van der Waals surface area contributed by atoms with Crippen molar-refractivity contribution in [3.63, 3.8) is 0 Å². The van der Waals surface area contributed by atoms with Crippen molar-refractivity contribution < 1.29 is 0 Å². The Morgan fingerprint density at radius 3 is 2.00 bits per heavy atom. The van der Waals surface area contributed by atoms with Gasteiger partial charge in [-0.25, -0.2) is 4.79 Å². The minimum absolute atomic E-state index is 0.406. The summed E-state index contributed by atoms with van der Waals surface area (Å²) in [6, 6.07) is 19.0. The number of hydrogen-bond donors (Lipinski definition) is 2. The molecule has 3 N–H and O–H groups in total. The van der Waals surface area contributed by atoms with Crippen molar-refractivity contribution in [2.75, 3.05) is 5.73 Å². The fourth-order valence-corrected chi connectivity index (χ4v) is 2.13.